The first-order valence-electron chi connectivity index (χ1n) is 6.47. The van der Waals surface area contributed by atoms with Crippen LogP contribution in [0.3, 0.4) is 0 Å². The van der Waals surface area contributed by atoms with Gasteiger partial charge in [0.2, 0.25) is 0 Å². The monoisotopic (exact) mass is 306 g/mol. The molecule has 110 valence electrons. The number of nitrogens with one attached hydrogen (secondary N) is 1. The van der Waals surface area contributed by atoms with E-state index in [1.807, 2.05) is 6.07 Å². The molecule has 0 unspecified atom stereocenters. The molecule has 6 heteroatoms. The molecule has 1 aliphatic heterocycles. The molecule has 0 fully saturated rings. The second-order valence-corrected chi connectivity index (χ2v) is 4.99. The Bertz CT molecular complexity index is 676. The zero-order chi connectivity index (χ0) is 14.8. The zero-order valence-corrected chi connectivity index (χ0v) is 12.2. The minimum Gasteiger partial charge on any atom is -0.495 e. The number of nitrogen functional groups attached to an aromatic ring is 1. The van der Waals surface area contributed by atoms with Crippen molar-refractivity contribution < 1.29 is 14.2 Å². The van der Waals surface area contributed by atoms with Crippen LogP contribution in [0.15, 0.2) is 30.3 Å². The third kappa shape index (κ3) is 2.78. The number of halogens is 1. The van der Waals surface area contributed by atoms with Crippen molar-refractivity contribution in [2.24, 2.45) is 0 Å². The highest BCUT2D eigenvalue weighted by molar-refractivity contribution is 6.31. The van der Waals surface area contributed by atoms with Crippen molar-refractivity contribution in [3.8, 4) is 17.2 Å². The summed E-state index contributed by atoms with van der Waals surface area (Å²) in [4.78, 5) is 0. The van der Waals surface area contributed by atoms with Crippen LogP contribution in [0.25, 0.3) is 0 Å². The summed E-state index contributed by atoms with van der Waals surface area (Å²) >= 11 is 6.02. The summed E-state index contributed by atoms with van der Waals surface area (Å²) in [5, 5.41) is 3.82. The van der Waals surface area contributed by atoms with Crippen molar-refractivity contribution in [2.75, 3.05) is 31.4 Å². The Morgan fingerprint density at radius 3 is 2.52 bits per heavy atom. The minimum absolute atomic E-state index is 0.525. The molecule has 21 heavy (non-hydrogen) atoms. The van der Waals surface area contributed by atoms with Crippen LogP contribution in [0.2, 0.25) is 5.02 Å². The van der Waals surface area contributed by atoms with Gasteiger partial charge in [-0.15, -0.1) is 0 Å². The Labute approximate surface area is 127 Å². The number of methoxy groups -OCH3 is 1. The number of hydrogen-bond donors (Lipinski definition) is 2. The van der Waals surface area contributed by atoms with Crippen molar-refractivity contribution in [1.82, 2.24) is 0 Å². The van der Waals surface area contributed by atoms with E-state index in [-0.39, 0.29) is 0 Å². The van der Waals surface area contributed by atoms with Gasteiger partial charge in [-0.25, -0.2) is 0 Å². The average molecular weight is 307 g/mol. The Balaban J connectivity index is 1.96. The van der Waals surface area contributed by atoms with Crippen molar-refractivity contribution in [3.63, 3.8) is 0 Å². The first-order chi connectivity index (χ1) is 10.2. The van der Waals surface area contributed by atoms with E-state index in [4.69, 9.17) is 31.5 Å². The lowest BCUT2D eigenvalue weighted by Gasteiger charge is -2.21. The van der Waals surface area contributed by atoms with Gasteiger partial charge in [-0.1, -0.05) is 11.6 Å². The number of anilines is 3. The van der Waals surface area contributed by atoms with Crippen LogP contribution in [-0.2, 0) is 0 Å². The lowest BCUT2D eigenvalue weighted by Crippen LogP contribution is -2.15. The molecule has 5 nitrogen and oxygen atoms in total. The van der Waals surface area contributed by atoms with Gasteiger partial charge in [0.05, 0.1) is 24.2 Å². The number of nitrogens with two attached hydrogens (primary N) is 1. The number of rotatable bonds is 3. The van der Waals surface area contributed by atoms with Gasteiger partial charge in [-0.3, -0.25) is 0 Å². The Hall–Kier alpha value is -2.27. The molecule has 3 rings (SSSR count). The molecule has 0 aliphatic carbocycles. The summed E-state index contributed by atoms with van der Waals surface area (Å²) < 4.78 is 16.4. The van der Waals surface area contributed by atoms with Crippen LogP contribution in [0.1, 0.15) is 0 Å². The smallest absolute Gasteiger partial charge is 0.163 e. The third-order valence-corrected chi connectivity index (χ3v) is 3.38. The fourth-order valence-electron chi connectivity index (χ4n) is 2.14. The van der Waals surface area contributed by atoms with Gasteiger partial charge < -0.3 is 25.3 Å². The summed E-state index contributed by atoms with van der Waals surface area (Å²) in [5.41, 5.74) is 8.05. The molecule has 0 spiro atoms. The SMILES string of the molecule is COc1ccc(Cl)cc1Nc1cc2c(cc1N)OCCO2. The van der Waals surface area contributed by atoms with Crippen LogP contribution < -0.4 is 25.3 Å². The Morgan fingerprint density at radius 2 is 1.81 bits per heavy atom. The van der Waals surface area contributed by atoms with E-state index in [2.05, 4.69) is 5.32 Å². The fourth-order valence-corrected chi connectivity index (χ4v) is 2.31. The van der Waals surface area contributed by atoms with E-state index in [9.17, 15) is 0 Å². The molecule has 0 saturated heterocycles. The predicted octanol–water partition coefficient (Wildman–Crippen LogP) is 3.45. The van der Waals surface area contributed by atoms with Crippen molar-refractivity contribution in [3.05, 3.63) is 35.4 Å². The molecule has 3 N–H and O–H groups in total. The average Bonchev–Trinajstić information content (AvgIpc) is 2.48. The van der Waals surface area contributed by atoms with Crippen molar-refractivity contribution >= 4 is 28.7 Å². The van der Waals surface area contributed by atoms with Crippen molar-refractivity contribution in [2.45, 2.75) is 0 Å². The maximum atomic E-state index is 6.05. The number of fused-ring (bicyclic) bond motifs is 1. The third-order valence-electron chi connectivity index (χ3n) is 3.15. The van der Waals surface area contributed by atoms with Crippen molar-refractivity contribution in [1.29, 1.82) is 0 Å². The van der Waals surface area contributed by atoms with Gasteiger partial charge >= 0.3 is 0 Å². The standard InChI is InChI=1S/C15H15ClN2O3/c1-19-13-3-2-9(16)6-12(13)18-11-8-15-14(7-10(11)17)20-4-5-21-15/h2-3,6-8,18H,4-5,17H2,1H3. The molecular formula is C15H15ClN2O3. The van der Waals surface area contributed by atoms with Crippen LogP contribution in [0, 0.1) is 0 Å². The van der Waals surface area contributed by atoms with Gasteiger partial charge in [0.25, 0.3) is 0 Å². The second kappa shape index (κ2) is 5.61. The fraction of sp³-hybridized carbons (Fsp3) is 0.200. The van der Waals surface area contributed by atoms with E-state index in [0.29, 0.717) is 46.9 Å². The molecule has 0 amide bonds. The summed E-state index contributed by atoms with van der Waals surface area (Å²) in [6.07, 6.45) is 0. The summed E-state index contributed by atoms with van der Waals surface area (Å²) in [7, 11) is 1.60. The zero-order valence-electron chi connectivity index (χ0n) is 11.5. The quantitative estimate of drug-likeness (QED) is 0.850. The highest BCUT2D eigenvalue weighted by Crippen LogP contribution is 2.39. The molecule has 1 aliphatic rings. The van der Waals surface area contributed by atoms with E-state index in [1.54, 1.807) is 31.4 Å². The van der Waals surface area contributed by atoms with Crippen LogP contribution in [0.5, 0.6) is 17.2 Å². The summed E-state index contributed by atoms with van der Waals surface area (Å²) in [6.45, 7) is 1.05. The van der Waals surface area contributed by atoms with Crippen LogP contribution in [-0.4, -0.2) is 20.3 Å². The molecular weight excluding hydrogens is 292 g/mol. The largest absolute Gasteiger partial charge is 0.495 e. The summed E-state index contributed by atoms with van der Waals surface area (Å²) in [5.74, 6) is 2.00. The normalized spacial score (nSPS) is 12.9. The maximum Gasteiger partial charge on any atom is 0.163 e. The van der Waals surface area contributed by atoms with E-state index in [0.717, 1.165) is 5.69 Å². The van der Waals surface area contributed by atoms with E-state index < -0.39 is 0 Å². The molecule has 2 aromatic carbocycles. The van der Waals surface area contributed by atoms with Gasteiger partial charge in [0, 0.05) is 17.2 Å². The molecule has 0 atom stereocenters. The second-order valence-electron chi connectivity index (χ2n) is 4.55. The Kier molecular flexibility index (Phi) is 3.66. The van der Waals surface area contributed by atoms with Gasteiger partial charge in [0.15, 0.2) is 11.5 Å². The number of hydrogen-bond acceptors (Lipinski definition) is 5. The number of ether oxygens (including phenoxy) is 3. The molecule has 0 saturated carbocycles. The molecule has 1 heterocycles. The highest BCUT2D eigenvalue weighted by Gasteiger charge is 2.15. The lowest BCUT2D eigenvalue weighted by atomic mass is 10.2. The lowest BCUT2D eigenvalue weighted by molar-refractivity contribution is 0.172. The topological polar surface area (TPSA) is 65.7 Å². The first kappa shape index (κ1) is 13.7. The van der Waals surface area contributed by atoms with Gasteiger partial charge in [0.1, 0.15) is 19.0 Å². The predicted molar refractivity (Wildman–Crippen MR) is 83.1 cm³/mol. The molecule has 2 aromatic rings. The van der Waals surface area contributed by atoms with E-state index >= 15 is 0 Å². The van der Waals surface area contributed by atoms with Gasteiger partial charge in [-0.05, 0) is 18.2 Å². The Morgan fingerprint density at radius 1 is 1.10 bits per heavy atom. The highest BCUT2D eigenvalue weighted by atomic mass is 35.5. The molecule has 0 aromatic heterocycles. The minimum atomic E-state index is 0.525. The summed E-state index contributed by atoms with van der Waals surface area (Å²) in [6, 6.07) is 8.88. The van der Waals surface area contributed by atoms with E-state index in [1.165, 1.54) is 0 Å². The van der Waals surface area contributed by atoms with Crippen LogP contribution >= 0.6 is 11.6 Å². The number of benzene rings is 2. The molecule has 0 bridgehead atoms. The first-order valence-corrected chi connectivity index (χ1v) is 6.85. The maximum absolute atomic E-state index is 6.05. The van der Waals surface area contributed by atoms with Crippen LogP contribution in [0.4, 0.5) is 17.1 Å². The molecule has 0 radical (unpaired) electrons. The van der Waals surface area contributed by atoms with Gasteiger partial charge in [-0.2, -0.15) is 0 Å².